The molecule has 0 spiro atoms. The highest BCUT2D eigenvalue weighted by atomic mass is 14.8. The lowest BCUT2D eigenvalue weighted by Crippen LogP contribution is -2.15. The summed E-state index contributed by atoms with van der Waals surface area (Å²) in [6.45, 7) is 10.2. The molecule has 1 aromatic heterocycles. The fourth-order valence-corrected chi connectivity index (χ4v) is 12.9. The highest BCUT2D eigenvalue weighted by Crippen LogP contribution is 2.54. The minimum absolute atomic E-state index is 0.0885. The molecular formula is C66H48N2. The molecule has 11 aromatic rings. The molecule has 10 aromatic carbocycles. The Labute approximate surface area is 397 Å². The van der Waals surface area contributed by atoms with Gasteiger partial charge >= 0.3 is 0 Å². The van der Waals surface area contributed by atoms with Gasteiger partial charge in [-0.25, -0.2) is 0 Å². The average molecular weight is 869 g/mol. The van der Waals surface area contributed by atoms with Gasteiger partial charge in [-0.05, 0) is 168 Å². The highest BCUT2D eigenvalue weighted by Gasteiger charge is 2.37. The molecule has 2 heteroatoms. The zero-order chi connectivity index (χ0) is 45.5. The van der Waals surface area contributed by atoms with Gasteiger partial charge in [-0.2, -0.15) is 0 Å². The molecule has 2 aliphatic carbocycles. The van der Waals surface area contributed by atoms with Crippen molar-refractivity contribution in [1.29, 1.82) is 0 Å². The molecule has 0 saturated heterocycles. The minimum Gasteiger partial charge on any atom is -0.387 e. The molecule has 68 heavy (non-hydrogen) atoms. The molecule has 3 aliphatic rings. The maximum Gasteiger partial charge on any atom is 0.0407 e. The standard InChI is InChI=1S/C66H48N2/c1-65(2)57-23-13-11-17-43(57)45-27-25-39(35-59(45)65)61-47-19-7-9-21-49(47)63(55-37-67-33-31-53(55)61)51-29-30-52(42-16-6-5-15-41(42)51)64-50-22-10-8-20-48(50)62(54-32-34-68-38-56(54)64)40-26-28-46-44-18-12-14-24-58(44)66(3,4)60(46)36-40/h5-37,68H,38H2,1-4H3. The Hall–Kier alpha value is -8.07. The van der Waals surface area contributed by atoms with E-state index in [2.05, 4.69) is 227 Å². The maximum atomic E-state index is 4.83. The van der Waals surface area contributed by atoms with Gasteiger partial charge in [-0.1, -0.05) is 185 Å². The summed E-state index contributed by atoms with van der Waals surface area (Å²) in [4.78, 5) is 4.83. The summed E-state index contributed by atoms with van der Waals surface area (Å²) in [5, 5.41) is 13.5. The lowest BCUT2D eigenvalue weighted by Gasteiger charge is -2.26. The summed E-state index contributed by atoms with van der Waals surface area (Å²) >= 11 is 0. The monoisotopic (exact) mass is 868 g/mol. The van der Waals surface area contributed by atoms with Gasteiger partial charge in [-0.3, -0.25) is 4.98 Å². The van der Waals surface area contributed by atoms with Crippen LogP contribution in [0.1, 0.15) is 61.1 Å². The first kappa shape index (κ1) is 39.1. The van der Waals surface area contributed by atoms with E-state index >= 15 is 0 Å². The molecule has 0 unspecified atom stereocenters. The van der Waals surface area contributed by atoms with Crippen molar-refractivity contribution in [1.82, 2.24) is 10.3 Å². The lowest BCUT2D eigenvalue weighted by atomic mass is 9.78. The van der Waals surface area contributed by atoms with E-state index in [1.807, 2.05) is 6.20 Å². The average Bonchev–Trinajstić information content (AvgIpc) is 3.75. The molecule has 0 fully saturated rings. The molecule has 0 radical (unpaired) electrons. The van der Waals surface area contributed by atoms with E-state index in [1.54, 1.807) is 0 Å². The number of aromatic nitrogens is 1. The van der Waals surface area contributed by atoms with E-state index in [0.29, 0.717) is 0 Å². The van der Waals surface area contributed by atoms with Crippen molar-refractivity contribution >= 4 is 49.2 Å². The second-order valence-electron chi connectivity index (χ2n) is 20.2. The van der Waals surface area contributed by atoms with E-state index in [9.17, 15) is 0 Å². The second-order valence-corrected chi connectivity index (χ2v) is 20.2. The largest absolute Gasteiger partial charge is 0.387 e. The number of pyridine rings is 1. The third kappa shape index (κ3) is 5.32. The van der Waals surface area contributed by atoms with E-state index in [4.69, 9.17) is 4.98 Å². The van der Waals surface area contributed by atoms with Crippen LogP contribution in [-0.4, -0.2) is 4.98 Å². The van der Waals surface area contributed by atoms with Crippen molar-refractivity contribution in [2.45, 2.75) is 45.1 Å². The van der Waals surface area contributed by atoms with Crippen molar-refractivity contribution in [3.8, 4) is 66.8 Å². The molecular weight excluding hydrogens is 821 g/mol. The van der Waals surface area contributed by atoms with Crippen LogP contribution in [0, 0.1) is 0 Å². The van der Waals surface area contributed by atoms with Crippen LogP contribution in [-0.2, 0) is 17.4 Å². The number of hydrogen-bond donors (Lipinski definition) is 1. The third-order valence-electron chi connectivity index (χ3n) is 16.0. The van der Waals surface area contributed by atoms with Crippen LogP contribution in [0.4, 0.5) is 0 Å². The van der Waals surface area contributed by atoms with Crippen molar-refractivity contribution in [3.63, 3.8) is 0 Å². The van der Waals surface area contributed by atoms with Crippen LogP contribution >= 0.6 is 0 Å². The van der Waals surface area contributed by atoms with Crippen LogP contribution in [0.5, 0.6) is 0 Å². The molecule has 1 aliphatic heterocycles. The van der Waals surface area contributed by atoms with Gasteiger partial charge in [-0.15, -0.1) is 0 Å². The van der Waals surface area contributed by atoms with Crippen molar-refractivity contribution < 1.29 is 0 Å². The topological polar surface area (TPSA) is 24.9 Å². The summed E-state index contributed by atoms with van der Waals surface area (Å²) in [6.07, 6.45) is 8.49. The molecule has 0 saturated carbocycles. The lowest BCUT2D eigenvalue weighted by molar-refractivity contribution is 0.660. The summed E-state index contributed by atoms with van der Waals surface area (Å²) in [7, 11) is 0. The Balaban J connectivity index is 0.980. The maximum absolute atomic E-state index is 4.83. The summed E-state index contributed by atoms with van der Waals surface area (Å²) in [5.41, 5.74) is 23.4. The van der Waals surface area contributed by atoms with Crippen LogP contribution < -0.4 is 5.32 Å². The number of nitrogens with zero attached hydrogens (tertiary/aromatic N) is 1. The van der Waals surface area contributed by atoms with E-state index in [0.717, 1.165) is 11.9 Å². The zero-order valence-corrected chi connectivity index (χ0v) is 38.7. The van der Waals surface area contributed by atoms with E-state index in [-0.39, 0.29) is 10.8 Å². The van der Waals surface area contributed by atoms with Gasteiger partial charge in [0.05, 0.1) is 0 Å². The van der Waals surface area contributed by atoms with Crippen LogP contribution in [0.25, 0.3) is 116 Å². The normalized spacial score (nSPS) is 14.7. The Morgan fingerprint density at radius 1 is 0.382 bits per heavy atom. The van der Waals surface area contributed by atoms with Crippen LogP contribution in [0.15, 0.2) is 195 Å². The molecule has 0 bridgehead atoms. The number of hydrogen-bond acceptors (Lipinski definition) is 2. The molecule has 0 atom stereocenters. The first-order chi connectivity index (χ1) is 33.3. The predicted octanol–water partition coefficient (Wildman–Crippen LogP) is 17.0. The van der Waals surface area contributed by atoms with E-state index in [1.165, 1.54) is 138 Å². The number of rotatable bonds is 4. The Kier molecular flexibility index (Phi) is 8.18. The first-order valence-electron chi connectivity index (χ1n) is 24.1. The van der Waals surface area contributed by atoms with Gasteiger partial charge in [0, 0.05) is 35.2 Å². The molecule has 322 valence electrons. The van der Waals surface area contributed by atoms with Gasteiger partial charge < -0.3 is 5.32 Å². The Morgan fingerprint density at radius 3 is 1.43 bits per heavy atom. The quantitative estimate of drug-likeness (QED) is 0.178. The van der Waals surface area contributed by atoms with Crippen LogP contribution in [0.2, 0.25) is 0 Å². The van der Waals surface area contributed by atoms with Gasteiger partial charge in [0.25, 0.3) is 0 Å². The number of fused-ring (bicyclic) bond motifs is 11. The summed E-state index contributed by atoms with van der Waals surface area (Å²) in [5.74, 6) is 0. The summed E-state index contributed by atoms with van der Waals surface area (Å²) < 4.78 is 0. The summed E-state index contributed by atoms with van der Waals surface area (Å²) in [6, 6.07) is 66.4. The van der Waals surface area contributed by atoms with Crippen molar-refractivity contribution in [2.24, 2.45) is 0 Å². The molecule has 2 nitrogen and oxygen atoms in total. The first-order valence-corrected chi connectivity index (χ1v) is 24.1. The third-order valence-corrected chi connectivity index (χ3v) is 16.0. The molecule has 2 heterocycles. The van der Waals surface area contributed by atoms with Crippen molar-refractivity contribution in [3.05, 3.63) is 228 Å². The fourth-order valence-electron chi connectivity index (χ4n) is 12.9. The zero-order valence-electron chi connectivity index (χ0n) is 38.7. The van der Waals surface area contributed by atoms with E-state index < -0.39 is 0 Å². The molecule has 14 rings (SSSR count). The Bertz CT molecular complexity index is 3970. The molecule has 0 amide bonds. The Morgan fingerprint density at radius 2 is 0.824 bits per heavy atom. The minimum atomic E-state index is -0.0983. The highest BCUT2D eigenvalue weighted by molar-refractivity contribution is 6.25. The smallest absolute Gasteiger partial charge is 0.0407 e. The fraction of sp³-hybridized carbons (Fsp3) is 0.106. The number of benzene rings is 10. The number of nitrogens with one attached hydrogen (secondary N) is 1. The SMILES string of the molecule is CC1(C)c2ccccc2-c2ccc(-c3c4c(c(-c5ccc(-c6c7ccccc7c(-c7ccc8c(c7)C(C)(C)c7ccccc7-8)c7ccncc67)c6ccccc56)c5ccccc35)CNC=C4)cc21. The van der Waals surface area contributed by atoms with Crippen LogP contribution in [0.3, 0.4) is 0 Å². The molecule has 1 N–H and O–H groups in total. The van der Waals surface area contributed by atoms with Gasteiger partial charge in [0.1, 0.15) is 0 Å². The van der Waals surface area contributed by atoms with Crippen molar-refractivity contribution in [2.75, 3.05) is 0 Å². The second kappa shape index (κ2) is 14.2. The van der Waals surface area contributed by atoms with Gasteiger partial charge in [0.2, 0.25) is 0 Å². The predicted molar refractivity (Wildman–Crippen MR) is 287 cm³/mol. The van der Waals surface area contributed by atoms with Gasteiger partial charge in [0.15, 0.2) is 0 Å².